The van der Waals surface area contributed by atoms with Gasteiger partial charge in [0.1, 0.15) is 19.2 Å². The second kappa shape index (κ2) is 7.03. The van der Waals surface area contributed by atoms with Crippen LogP contribution in [0.2, 0.25) is 0 Å². The Balaban J connectivity index is 2.02. The van der Waals surface area contributed by atoms with Crippen LogP contribution in [0.15, 0.2) is 48.0 Å². The number of aromatic nitrogens is 3. The van der Waals surface area contributed by atoms with E-state index in [-0.39, 0.29) is 12.4 Å². The molecule has 0 fully saturated rings. The van der Waals surface area contributed by atoms with Gasteiger partial charge in [-0.2, -0.15) is 10.1 Å². The lowest BCUT2D eigenvalue weighted by Crippen LogP contribution is -2.18. The highest BCUT2D eigenvalue weighted by atomic mass is 16.5. The molecule has 0 radical (unpaired) electrons. The van der Waals surface area contributed by atoms with E-state index in [0.29, 0.717) is 12.3 Å². The molecule has 0 spiro atoms. The third-order valence-electron chi connectivity index (χ3n) is 2.33. The van der Waals surface area contributed by atoms with Gasteiger partial charge < -0.3 is 10.1 Å². The largest absolute Gasteiger partial charge is 0.480 e. The van der Waals surface area contributed by atoms with Gasteiger partial charge in [0.15, 0.2) is 0 Å². The first-order valence-electron chi connectivity index (χ1n) is 6.16. The van der Waals surface area contributed by atoms with Gasteiger partial charge in [-0.05, 0) is 19.1 Å². The third kappa shape index (κ3) is 4.20. The molecule has 7 nitrogen and oxygen atoms in total. The summed E-state index contributed by atoms with van der Waals surface area (Å²) in [4.78, 5) is 19.5. The number of nitrogens with zero attached hydrogens (tertiary/aromatic N) is 4. The molecule has 0 aliphatic carbocycles. The number of para-hydroxylation sites is 1. The summed E-state index contributed by atoms with van der Waals surface area (Å²) in [7, 11) is 0. The molecular weight excluding hydrogens is 258 g/mol. The maximum Gasteiger partial charge on any atom is 0.348 e. The van der Waals surface area contributed by atoms with Crippen LogP contribution in [0.4, 0.5) is 10.5 Å². The number of urea groups is 1. The maximum atomic E-state index is 11.8. The standard InChI is InChI=1S/C13H15N5O2/c1-2-20-12(8-18-10-14-9-15-18)17-13(19)16-11-6-4-3-5-7-11/h3-7,9-10H,2,8H2,1H3,(H,16,19)/b17-12-. The number of nitrogens with one attached hydrogen (secondary N) is 1. The van der Waals surface area contributed by atoms with Gasteiger partial charge in [-0.15, -0.1) is 0 Å². The minimum Gasteiger partial charge on any atom is -0.480 e. The monoisotopic (exact) mass is 273 g/mol. The van der Waals surface area contributed by atoms with Gasteiger partial charge in [-0.25, -0.2) is 14.5 Å². The topological polar surface area (TPSA) is 81.4 Å². The second-order valence-corrected chi connectivity index (χ2v) is 3.83. The maximum absolute atomic E-state index is 11.8. The normalized spacial score (nSPS) is 11.2. The Morgan fingerprint density at radius 1 is 1.40 bits per heavy atom. The lowest BCUT2D eigenvalue weighted by atomic mass is 10.3. The average molecular weight is 273 g/mol. The molecule has 20 heavy (non-hydrogen) atoms. The van der Waals surface area contributed by atoms with Crippen LogP contribution in [0.1, 0.15) is 6.92 Å². The molecule has 0 saturated heterocycles. The van der Waals surface area contributed by atoms with Crippen molar-refractivity contribution in [1.82, 2.24) is 14.8 Å². The fraction of sp³-hybridized carbons (Fsp3) is 0.231. The van der Waals surface area contributed by atoms with E-state index >= 15 is 0 Å². The Kier molecular flexibility index (Phi) is 4.82. The van der Waals surface area contributed by atoms with Crippen LogP contribution in [-0.2, 0) is 11.3 Å². The molecule has 1 aromatic heterocycles. The Labute approximate surface area is 116 Å². The number of aliphatic imine (C=N–C) groups is 1. The molecule has 0 bridgehead atoms. The van der Waals surface area contributed by atoms with Crippen molar-refractivity contribution in [3.63, 3.8) is 0 Å². The number of amides is 2. The highest BCUT2D eigenvalue weighted by Gasteiger charge is 2.06. The summed E-state index contributed by atoms with van der Waals surface area (Å²) in [5.41, 5.74) is 0.679. The molecule has 2 rings (SSSR count). The van der Waals surface area contributed by atoms with Crippen molar-refractivity contribution in [3.05, 3.63) is 43.0 Å². The van der Waals surface area contributed by atoms with Crippen LogP contribution in [0.25, 0.3) is 0 Å². The summed E-state index contributed by atoms with van der Waals surface area (Å²) in [6.45, 7) is 2.51. The number of carbonyl (C=O) groups excluding carboxylic acids is 1. The molecule has 0 aliphatic rings. The fourth-order valence-electron chi connectivity index (χ4n) is 1.52. The first-order chi connectivity index (χ1) is 9.78. The lowest BCUT2D eigenvalue weighted by molar-refractivity contribution is 0.257. The van der Waals surface area contributed by atoms with E-state index in [4.69, 9.17) is 4.74 Å². The van der Waals surface area contributed by atoms with E-state index in [9.17, 15) is 4.79 Å². The van der Waals surface area contributed by atoms with E-state index < -0.39 is 6.03 Å². The van der Waals surface area contributed by atoms with Crippen LogP contribution in [-0.4, -0.2) is 33.3 Å². The van der Waals surface area contributed by atoms with Gasteiger partial charge in [0.05, 0.1) is 6.61 Å². The van der Waals surface area contributed by atoms with E-state index in [1.165, 1.54) is 17.3 Å². The summed E-state index contributed by atoms with van der Waals surface area (Å²) < 4.78 is 6.86. The van der Waals surface area contributed by atoms with Crippen LogP contribution in [0.3, 0.4) is 0 Å². The number of anilines is 1. The Hall–Kier alpha value is -2.70. The van der Waals surface area contributed by atoms with Crippen molar-refractivity contribution in [2.24, 2.45) is 4.99 Å². The van der Waals surface area contributed by atoms with Crippen molar-refractivity contribution in [3.8, 4) is 0 Å². The summed E-state index contributed by atoms with van der Waals surface area (Å²) in [6, 6.07) is 8.61. The number of carbonyl (C=O) groups is 1. The molecule has 1 heterocycles. The van der Waals surface area contributed by atoms with Gasteiger partial charge in [-0.1, -0.05) is 18.2 Å². The smallest absolute Gasteiger partial charge is 0.348 e. The van der Waals surface area contributed by atoms with Gasteiger partial charge in [0.2, 0.25) is 5.90 Å². The van der Waals surface area contributed by atoms with Crippen molar-refractivity contribution in [1.29, 1.82) is 0 Å². The van der Waals surface area contributed by atoms with Gasteiger partial charge in [-0.3, -0.25) is 0 Å². The van der Waals surface area contributed by atoms with Crippen molar-refractivity contribution in [2.45, 2.75) is 13.5 Å². The molecule has 7 heteroatoms. The van der Waals surface area contributed by atoms with Crippen LogP contribution in [0.5, 0.6) is 0 Å². The molecule has 0 saturated carbocycles. The molecule has 1 aromatic carbocycles. The predicted molar refractivity (Wildman–Crippen MR) is 74.5 cm³/mol. The van der Waals surface area contributed by atoms with Crippen molar-refractivity contribution in [2.75, 3.05) is 11.9 Å². The molecule has 0 unspecified atom stereocenters. The molecule has 0 atom stereocenters. The number of ether oxygens (including phenoxy) is 1. The third-order valence-corrected chi connectivity index (χ3v) is 2.33. The predicted octanol–water partition coefficient (Wildman–Crippen LogP) is 1.95. The number of hydrogen-bond donors (Lipinski definition) is 1. The average Bonchev–Trinajstić information content (AvgIpc) is 2.93. The minimum absolute atomic E-state index is 0.260. The molecule has 0 aliphatic heterocycles. The van der Waals surface area contributed by atoms with Crippen LogP contribution in [0, 0.1) is 0 Å². The molecule has 2 amide bonds. The van der Waals surface area contributed by atoms with Gasteiger partial charge in [0.25, 0.3) is 0 Å². The second-order valence-electron chi connectivity index (χ2n) is 3.83. The van der Waals surface area contributed by atoms with E-state index in [1.54, 1.807) is 12.1 Å². The zero-order valence-corrected chi connectivity index (χ0v) is 11.1. The highest BCUT2D eigenvalue weighted by molar-refractivity contribution is 5.97. The van der Waals surface area contributed by atoms with Gasteiger partial charge in [0, 0.05) is 5.69 Å². The summed E-state index contributed by atoms with van der Waals surface area (Å²) in [5.74, 6) is 0.284. The Morgan fingerprint density at radius 2 is 2.20 bits per heavy atom. The lowest BCUT2D eigenvalue weighted by Gasteiger charge is -2.07. The Bertz CT molecular complexity index is 566. The molecule has 104 valence electrons. The summed E-state index contributed by atoms with van der Waals surface area (Å²) in [5, 5.41) is 6.60. The molecule has 2 aromatic rings. The highest BCUT2D eigenvalue weighted by Crippen LogP contribution is 2.05. The first-order valence-corrected chi connectivity index (χ1v) is 6.16. The molecule has 1 N–H and O–H groups in total. The summed E-state index contributed by atoms with van der Waals surface area (Å²) in [6.07, 6.45) is 2.94. The van der Waals surface area contributed by atoms with E-state index in [0.717, 1.165) is 0 Å². The van der Waals surface area contributed by atoms with Crippen molar-refractivity contribution < 1.29 is 9.53 Å². The zero-order valence-electron chi connectivity index (χ0n) is 11.1. The van der Waals surface area contributed by atoms with E-state index in [1.807, 2.05) is 25.1 Å². The van der Waals surface area contributed by atoms with Crippen LogP contribution >= 0.6 is 0 Å². The van der Waals surface area contributed by atoms with Crippen LogP contribution < -0.4 is 5.32 Å². The minimum atomic E-state index is -0.486. The number of hydrogen-bond acceptors (Lipinski definition) is 4. The fourth-order valence-corrected chi connectivity index (χ4v) is 1.52. The summed E-state index contributed by atoms with van der Waals surface area (Å²) >= 11 is 0. The van der Waals surface area contributed by atoms with E-state index in [2.05, 4.69) is 20.4 Å². The SMILES string of the molecule is CCO/C(Cn1cncn1)=N\C(=O)Nc1ccccc1. The van der Waals surface area contributed by atoms with Gasteiger partial charge >= 0.3 is 6.03 Å². The molecular formula is C13H15N5O2. The zero-order chi connectivity index (χ0) is 14.2. The number of rotatable bonds is 4. The van der Waals surface area contributed by atoms with Crippen molar-refractivity contribution >= 4 is 17.6 Å². The first kappa shape index (κ1) is 13.7. The Morgan fingerprint density at radius 3 is 2.85 bits per heavy atom. The number of benzene rings is 1. The quantitative estimate of drug-likeness (QED) is 0.682.